The Balaban J connectivity index is 1.60. The van der Waals surface area contributed by atoms with Gasteiger partial charge in [-0.1, -0.05) is 45.8 Å². The second kappa shape index (κ2) is 10.5. The van der Waals surface area contributed by atoms with E-state index in [-0.39, 0.29) is 5.70 Å². The van der Waals surface area contributed by atoms with Gasteiger partial charge in [0.2, 0.25) is 5.90 Å². The Morgan fingerprint density at radius 1 is 1.06 bits per heavy atom. The molecular formula is C26H21BrINO4. The number of halogens is 2. The SMILES string of the molecule is CCOc1cc(/C=C2\N=C(c3ccc(C)cc3)OC2=O)cc(I)c1OCc1ccc(Br)cc1. The van der Waals surface area contributed by atoms with Crippen LogP contribution in [0.2, 0.25) is 0 Å². The van der Waals surface area contributed by atoms with E-state index in [0.29, 0.717) is 30.6 Å². The van der Waals surface area contributed by atoms with E-state index in [1.165, 1.54) is 0 Å². The van der Waals surface area contributed by atoms with Crippen LogP contribution in [0.25, 0.3) is 6.08 Å². The van der Waals surface area contributed by atoms with Crippen molar-refractivity contribution in [1.82, 2.24) is 0 Å². The van der Waals surface area contributed by atoms with Crippen LogP contribution in [0.3, 0.4) is 0 Å². The number of esters is 1. The van der Waals surface area contributed by atoms with Crippen molar-refractivity contribution in [3.63, 3.8) is 0 Å². The van der Waals surface area contributed by atoms with E-state index < -0.39 is 5.97 Å². The van der Waals surface area contributed by atoms with Crippen molar-refractivity contribution >= 4 is 56.5 Å². The third-order valence-electron chi connectivity index (χ3n) is 4.85. The number of cyclic esters (lactones) is 1. The van der Waals surface area contributed by atoms with Crippen molar-refractivity contribution in [2.45, 2.75) is 20.5 Å². The van der Waals surface area contributed by atoms with Crippen LogP contribution in [0.4, 0.5) is 0 Å². The molecule has 0 saturated heterocycles. The third kappa shape index (κ3) is 5.83. The van der Waals surface area contributed by atoms with Crippen molar-refractivity contribution in [3.05, 3.63) is 96.7 Å². The van der Waals surface area contributed by atoms with Crippen molar-refractivity contribution in [1.29, 1.82) is 0 Å². The largest absolute Gasteiger partial charge is 0.490 e. The first-order valence-corrected chi connectivity index (χ1v) is 12.2. The highest BCUT2D eigenvalue weighted by atomic mass is 127. The van der Waals surface area contributed by atoms with Gasteiger partial charge in [-0.2, -0.15) is 0 Å². The molecule has 0 N–H and O–H groups in total. The Morgan fingerprint density at radius 3 is 2.48 bits per heavy atom. The van der Waals surface area contributed by atoms with Crippen LogP contribution in [-0.4, -0.2) is 18.5 Å². The molecule has 0 radical (unpaired) electrons. The molecule has 5 nitrogen and oxygen atoms in total. The summed E-state index contributed by atoms with van der Waals surface area (Å²) in [6, 6.07) is 19.4. The van der Waals surface area contributed by atoms with Gasteiger partial charge >= 0.3 is 5.97 Å². The topological polar surface area (TPSA) is 57.1 Å². The molecule has 1 aliphatic rings. The van der Waals surface area contributed by atoms with E-state index in [1.807, 2.05) is 74.5 Å². The predicted molar refractivity (Wildman–Crippen MR) is 141 cm³/mol. The van der Waals surface area contributed by atoms with Gasteiger partial charge in [0.15, 0.2) is 17.2 Å². The molecule has 168 valence electrons. The molecule has 3 aromatic carbocycles. The fourth-order valence-corrected chi connectivity index (χ4v) is 4.24. The molecule has 0 fully saturated rings. The zero-order chi connectivity index (χ0) is 23.4. The van der Waals surface area contributed by atoms with E-state index in [9.17, 15) is 4.79 Å². The Morgan fingerprint density at radius 2 is 1.79 bits per heavy atom. The van der Waals surface area contributed by atoms with Crippen LogP contribution in [-0.2, 0) is 16.1 Å². The molecule has 4 rings (SSSR count). The molecular weight excluding hydrogens is 597 g/mol. The number of hydrogen-bond acceptors (Lipinski definition) is 5. The molecule has 0 spiro atoms. The first-order chi connectivity index (χ1) is 15.9. The fourth-order valence-electron chi connectivity index (χ4n) is 3.20. The maximum Gasteiger partial charge on any atom is 0.363 e. The molecule has 3 aromatic rings. The number of hydrogen-bond donors (Lipinski definition) is 0. The molecule has 1 heterocycles. The van der Waals surface area contributed by atoms with Gasteiger partial charge in [-0.05, 0) is 90.0 Å². The van der Waals surface area contributed by atoms with Crippen molar-refractivity contribution in [2.75, 3.05) is 6.61 Å². The van der Waals surface area contributed by atoms with E-state index in [2.05, 4.69) is 43.5 Å². The summed E-state index contributed by atoms with van der Waals surface area (Å²) in [4.78, 5) is 16.8. The molecule has 7 heteroatoms. The average Bonchev–Trinajstić information content (AvgIpc) is 3.15. The van der Waals surface area contributed by atoms with Crippen LogP contribution >= 0.6 is 38.5 Å². The minimum atomic E-state index is -0.478. The number of nitrogens with zero attached hydrogens (tertiary/aromatic N) is 1. The molecule has 0 saturated carbocycles. The maximum absolute atomic E-state index is 12.4. The molecule has 0 amide bonds. The minimum absolute atomic E-state index is 0.243. The molecule has 1 aliphatic heterocycles. The van der Waals surface area contributed by atoms with Gasteiger partial charge in [0.1, 0.15) is 6.61 Å². The number of aryl methyl sites for hydroxylation is 1. The van der Waals surface area contributed by atoms with Crippen LogP contribution in [0.15, 0.2) is 75.8 Å². The third-order valence-corrected chi connectivity index (χ3v) is 6.18. The number of benzene rings is 3. The second-order valence-corrected chi connectivity index (χ2v) is 9.46. The van der Waals surface area contributed by atoms with Crippen LogP contribution in [0.1, 0.15) is 29.2 Å². The lowest BCUT2D eigenvalue weighted by Gasteiger charge is -2.15. The minimum Gasteiger partial charge on any atom is -0.490 e. The molecule has 33 heavy (non-hydrogen) atoms. The highest BCUT2D eigenvalue weighted by Crippen LogP contribution is 2.36. The quantitative estimate of drug-likeness (QED) is 0.169. The summed E-state index contributed by atoms with van der Waals surface area (Å²) in [5.41, 5.74) is 3.96. The highest BCUT2D eigenvalue weighted by molar-refractivity contribution is 14.1. The summed E-state index contributed by atoms with van der Waals surface area (Å²) in [6.45, 7) is 4.83. The molecule has 0 bridgehead atoms. The monoisotopic (exact) mass is 617 g/mol. The van der Waals surface area contributed by atoms with Gasteiger partial charge in [-0.15, -0.1) is 0 Å². The van der Waals surface area contributed by atoms with Crippen LogP contribution < -0.4 is 9.47 Å². The first kappa shape index (κ1) is 23.5. The normalized spacial score (nSPS) is 14.2. The lowest BCUT2D eigenvalue weighted by atomic mass is 10.1. The molecule has 0 aromatic heterocycles. The lowest BCUT2D eigenvalue weighted by molar-refractivity contribution is -0.129. The van der Waals surface area contributed by atoms with Crippen molar-refractivity contribution in [3.8, 4) is 11.5 Å². The number of rotatable bonds is 7. The standard InChI is InChI=1S/C26H21BrINO4/c1-3-31-23-14-18(12-21(28)24(23)32-15-17-6-10-20(27)11-7-17)13-22-26(30)33-25(29-22)19-8-4-16(2)5-9-19/h4-14H,3,15H2,1-2H3/b22-13-. The zero-order valence-electron chi connectivity index (χ0n) is 18.1. The average molecular weight is 618 g/mol. The van der Waals surface area contributed by atoms with Gasteiger partial charge in [-0.25, -0.2) is 9.79 Å². The summed E-state index contributed by atoms with van der Waals surface area (Å²) in [5, 5.41) is 0. The van der Waals surface area contributed by atoms with Gasteiger partial charge in [-0.3, -0.25) is 0 Å². The Bertz CT molecular complexity index is 1230. The Hall–Kier alpha value is -2.65. The second-order valence-electron chi connectivity index (χ2n) is 7.38. The fraction of sp³-hybridized carbons (Fsp3) is 0.154. The molecule has 0 atom stereocenters. The number of carbonyl (C=O) groups excluding carboxylic acids is 1. The van der Waals surface area contributed by atoms with Crippen LogP contribution in [0.5, 0.6) is 11.5 Å². The van der Waals surface area contributed by atoms with E-state index in [4.69, 9.17) is 14.2 Å². The Kier molecular flexibility index (Phi) is 7.49. The number of ether oxygens (including phenoxy) is 3. The molecule has 0 aliphatic carbocycles. The summed E-state index contributed by atoms with van der Waals surface area (Å²) in [6.07, 6.45) is 1.70. The number of carbonyl (C=O) groups is 1. The van der Waals surface area contributed by atoms with Gasteiger partial charge in [0, 0.05) is 10.0 Å². The smallest absolute Gasteiger partial charge is 0.363 e. The van der Waals surface area contributed by atoms with Crippen molar-refractivity contribution in [2.24, 2.45) is 4.99 Å². The van der Waals surface area contributed by atoms with Crippen molar-refractivity contribution < 1.29 is 19.0 Å². The molecule has 0 unspecified atom stereocenters. The van der Waals surface area contributed by atoms with Gasteiger partial charge in [0.25, 0.3) is 0 Å². The zero-order valence-corrected chi connectivity index (χ0v) is 21.8. The highest BCUT2D eigenvalue weighted by Gasteiger charge is 2.24. The summed E-state index contributed by atoms with van der Waals surface area (Å²) >= 11 is 5.66. The van der Waals surface area contributed by atoms with E-state index in [0.717, 1.165) is 30.3 Å². The van der Waals surface area contributed by atoms with E-state index >= 15 is 0 Å². The first-order valence-electron chi connectivity index (χ1n) is 10.4. The maximum atomic E-state index is 12.4. The number of aliphatic imine (C=N–C) groups is 1. The predicted octanol–water partition coefficient (Wildman–Crippen LogP) is 6.68. The Labute approximate surface area is 214 Å². The summed E-state index contributed by atoms with van der Waals surface area (Å²) in [5.74, 6) is 1.11. The van der Waals surface area contributed by atoms with Gasteiger partial charge < -0.3 is 14.2 Å². The van der Waals surface area contributed by atoms with Crippen LogP contribution in [0, 0.1) is 10.5 Å². The summed E-state index contributed by atoms with van der Waals surface area (Å²) in [7, 11) is 0. The lowest BCUT2D eigenvalue weighted by Crippen LogP contribution is -2.05. The summed E-state index contributed by atoms with van der Waals surface area (Å²) < 4.78 is 19.2. The van der Waals surface area contributed by atoms with E-state index in [1.54, 1.807) is 6.08 Å². The van der Waals surface area contributed by atoms with Gasteiger partial charge in [0.05, 0.1) is 10.2 Å².